The van der Waals surface area contributed by atoms with Crippen molar-refractivity contribution in [1.29, 1.82) is 0 Å². The first kappa shape index (κ1) is 21.4. The van der Waals surface area contributed by atoms with E-state index in [1.54, 1.807) is 42.6 Å². The third-order valence-electron chi connectivity index (χ3n) is 4.60. The number of ether oxygens (including phenoxy) is 1. The summed E-state index contributed by atoms with van der Waals surface area (Å²) in [4.78, 5) is 43.2. The predicted molar refractivity (Wildman–Crippen MR) is 111 cm³/mol. The molecule has 1 aromatic carbocycles. The third-order valence-corrected chi connectivity index (χ3v) is 4.60. The molecular weight excluding hydrogens is 386 g/mol. The van der Waals surface area contributed by atoms with Crippen LogP contribution in [0.5, 0.6) is 0 Å². The summed E-state index contributed by atoms with van der Waals surface area (Å²) < 4.78 is 5.28. The number of carbonyl (C=O) groups is 3. The molecule has 30 heavy (non-hydrogen) atoms. The highest BCUT2D eigenvalue weighted by Crippen LogP contribution is 2.15. The number of nitrogens with one attached hydrogen (secondary N) is 3. The van der Waals surface area contributed by atoms with Crippen LogP contribution >= 0.6 is 0 Å². The molecule has 158 valence electrons. The average molecular weight is 411 g/mol. The number of hydrogen-bond donors (Lipinski definition) is 3. The van der Waals surface area contributed by atoms with Crippen LogP contribution in [-0.4, -0.2) is 67.0 Å². The first-order valence-electron chi connectivity index (χ1n) is 9.80. The summed E-state index contributed by atoms with van der Waals surface area (Å²) in [5, 5.41) is 7.88. The number of benzene rings is 1. The van der Waals surface area contributed by atoms with Gasteiger partial charge in [0.2, 0.25) is 0 Å². The van der Waals surface area contributed by atoms with Crippen molar-refractivity contribution in [2.45, 2.75) is 6.54 Å². The molecule has 0 atom stereocenters. The minimum atomic E-state index is -0.818. The molecule has 2 heterocycles. The lowest BCUT2D eigenvalue weighted by molar-refractivity contribution is -0.136. The van der Waals surface area contributed by atoms with Crippen LogP contribution in [0.1, 0.15) is 16.1 Å². The molecule has 9 heteroatoms. The Morgan fingerprint density at radius 2 is 1.73 bits per heavy atom. The zero-order valence-electron chi connectivity index (χ0n) is 16.6. The fraction of sp³-hybridized carbons (Fsp3) is 0.333. The van der Waals surface area contributed by atoms with Gasteiger partial charge in [-0.05, 0) is 24.3 Å². The minimum Gasteiger partial charge on any atom is -0.379 e. The maximum absolute atomic E-state index is 12.5. The number of morpholine rings is 1. The van der Waals surface area contributed by atoms with E-state index in [9.17, 15) is 14.4 Å². The number of pyridine rings is 1. The van der Waals surface area contributed by atoms with E-state index in [2.05, 4.69) is 25.8 Å². The van der Waals surface area contributed by atoms with Crippen LogP contribution < -0.4 is 16.0 Å². The number of amides is 3. The number of nitrogens with zero attached hydrogens (tertiary/aromatic N) is 2. The molecule has 2 aromatic rings. The van der Waals surface area contributed by atoms with Crippen molar-refractivity contribution in [2.75, 3.05) is 44.7 Å². The molecule has 3 amide bonds. The van der Waals surface area contributed by atoms with Crippen LogP contribution in [0.2, 0.25) is 0 Å². The van der Waals surface area contributed by atoms with Crippen LogP contribution in [0.4, 0.5) is 5.69 Å². The molecule has 1 aliphatic rings. The second-order valence-corrected chi connectivity index (χ2v) is 6.71. The topological polar surface area (TPSA) is 113 Å². The normalized spacial score (nSPS) is 14.0. The lowest BCUT2D eigenvalue weighted by Crippen LogP contribution is -2.43. The quantitative estimate of drug-likeness (QED) is 0.569. The Hall–Kier alpha value is -3.30. The lowest BCUT2D eigenvalue weighted by atomic mass is 10.1. The van der Waals surface area contributed by atoms with Gasteiger partial charge in [-0.2, -0.15) is 0 Å². The molecule has 1 saturated heterocycles. The summed E-state index contributed by atoms with van der Waals surface area (Å²) in [6.07, 6.45) is 1.65. The first-order valence-corrected chi connectivity index (χ1v) is 9.80. The summed E-state index contributed by atoms with van der Waals surface area (Å²) in [5.41, 5.74) is 1.25. The molecule has 1 aromatic heterocycles. The standard InChI is InChI=1S/C21H25N5O4/c27-19(24-15-16-5-3-4-8-22-16)17-6-1-2-7-18(17)25-21(29)20(28)23-9-10-26-11-13-30-14-12-26/h1-8H,9-15H2,(H,23,28)(H,24,27)(H,25,29). The van der Waals surface area contributed by atoms with E-state index in [0.717, 1.165) is 13.1 Å². The Kier molecular flexibility index (Phi) is 7.87. The molecular formula is C21H25N5O4. The smallest absolute Gasteiger partial charge is 0.313 e. The van der Waals surface area contributed by atoms with E-state index in [1.165, 1.54) is 0 Å². The molecule has 3 rings (SSSR count). The SMILES string of the molecule is O=C(NCCN1CCOCC1)C(=O)Nc1ccccc1C(=O)NCc1ccccn1. The average Bonchev–Trinajstić information content (AvgIpc) is 2.79. The van der Waals surface area contributed by atoms with Crippen molar-refractivity contribution in [3.05, 3.63) is 59.9 Å². The van der Waals surface area contributed by atoms with E-state index in [4.69, 9.17) is 4.74 Å². The highest BCUT2D eigenvalue weighted by molar-refractivity contribution is 6.40. The zero-order valence-corrected chi connectivity index (χ0v) is 16.6. The monoisotopic (exact) mass is 411 g/mol. The number of carbonyl (C=O) groups excluding carboxylic acids is 3. The molecule has 9 nitrogen and oxygen atoms in total. The molecule has 0 bridgehead atoms. The summed E-state index contributed by atoms with van der Waals surface area (Å²) in [6, 6.07) is 12.0. The third kappa shape index (κ3) is 6.36. The van der Waals surface area contributed by atoms with Crippen molar-refractivity contribution in [3.8, 4) is 0 Å². The Bertz CT molecular complexity index is 869. The van der Waals surface area contributed by atoms with E-state index in [1.807, 2.05) is 6.07 Å². The van der Waals surface area contributed by atoms with Gasteiger partial charge in [0.05, 0.1) is 36.7 Å². The molecule has 0 radical (unpaired) electrons. The van der Waals surface area contributed by atoms with Gasteiger partial charge in [-0.1, -0.05) is 18.2 Å². The van der Waals surface area contributed by atoms with Crippen LogP contribution in [0.25, 0.3) is 0 Å². The second-order valence-electron chi connectivity index (χ2n) is 6.71. The molecule has 1 aliphatic heterocycles. The van der Waals surface area contributed by atoms with Crippen LogP contribution in [0, 0.1) is 0 Å². The first-order chi connectivity index (χ1) is 14.6. The predicted octanol–water partition coefficient (Wildman–Crippen LogP) is 0.399. The maximum Gasteiger partial charge on any atom is 0.313 e. The maximum atomic E-state index is 12.5. The van der Waals surface area contributed by atoms with Crippen LogP contribution in [-0.2, 0) is 20.9 Å². The van der Waals surface area contributed by atoms with Crippen molar-refractivity contribution in [2.24, 2.45) is 0 Å². The molecule has 0 unspecified atom stereocenters. The molecule has 0 aliphatic carbocycles. The summed E-state index contributed by atoms with van der Waals surface area (Å²) in [7, 11) is 0. The number of anilines is 1. The zero-order chi connectivity index (χ0) is 21.2. The molecule has 1 fully saturated rings. The van der Waals surface area contributed by atoms with Gasteiger partial charge in [0.15, 0.2) is 0 Å². The number of rotatable bonds is 7. The Balaban J connectivity index is 1.50. The van der Waals surface area contributed by atoms with E-state index in [0.29, 0.717) is 32.0 Å². The highest BCUT2D eigenvalue weighted by Gasteiger charge is 2.18. The molecule has 0 saturated carbocycles. The fourth-order valence-corrected chi connectivity index (χ4v) is 2.97. The Morgan fingerprint density at radius 1 is 0.967 bits per heavy atom. The van der Waals surface area contributed by atoms with Crippen LogP contribution in [0.15, 0.2) is 48.7 Å². The minimum absolute atomic E-state index is 0.254. The molecule has 0 spiro atoms. The van der Waals surface area contributed by atoms with Gasteiger partial charge < -0.3 is 20.7 Å². The summed E-state index contributed by atoms with van der Waals surface area (Å²) in [5.74, 6) is -1.93. The van der Waals surface area contributed by atoms with Gasteiger partial charge in [0, 0.05) is 32.4 Å². The van der Waals surface area contributed by atoms with Gasteiger partial charge in [-0.15, -0.1) is 0 Å². The van der Waals surface area contributed by atoms with Crippen molar-refractivity contribution in [3.63, 3.8) is 0 Å². The van der Waals surface area contributed by atoms with E-state index >= 15 is 0 Å². The van der Waals surface area contributed by atoms with E-state index < -0.39 is 11.8 Å². The van der Waals surface area contributed by atoms with Gasteiger partial charge in [0.25, 0.3) is 5.91 Å². The van der Waals surface area contributed by atoms with Crippen molar-refractivity contribution in [1.82, 2.24) is 20.5 Å². The second kappa shape index (κ2) is 11.0. The van der Waals surface area contributed by atoms with Crippen molar-refractivity contribution >= 4 is 23.4 Å². The Morgan fingerprint density at radius 3 is 2.50 bits per heavy atom. The van der Waals surface area contributed by atoms with E-state index in [-0.39, 0.29) is 23.7 Å². The largest absolute Gasteiger partial charge is 0.379 e. The fourth-order valence-electron chi connectivity index (χ4n) is 2.97. The van der Waals surface area contributed by atoms with Gasteiger partial charge in [0.1, 0.15) is 0 Å². The van der Waals surface area contributed by atoms with Crippen molar-refractivity contribution < 1.29 is 19.1 Å². The lowest BCUT2D eigenvalue weighted by Gasteiger charge is -2.26. The van der Waals surface area contributed by atoms with Gasteiger partial charge in [-0.3, -0.25) is 24.3 Å². The van der Waals surface area contributed by atoms with Gasteiger partial charge in [-0.25, -0.2) is 0 Å². The number of hydrogen-bond acceptors (Lipinski definition) is 6. The van der Waals surface area contributed by atoms with Crippen LogP contribution in [0.3, 0.4) is 0 Å². The highest BCUT2D eigenvalue weighted by atomic mass is 16.5. The summed E-state index contributed by atoms with van der Waals surface area (Å²) >= 11 is 0. The number of aromatic nitrogens is 1. The van der Waals surface area contributed by atoms with Gasteiger partial charge >= 0.3 is 11.8 Å². The summed E-state index contributed by atoms with van der Waals surface area (Å²) in [6.45, 7) is 4.23. The Labute approximate surface area is 174 Å². The number of para-hydroxylation sites is 1. The molecule has 3 N–H and O–H groups in total.